The average molecular weight is 234 g/mol. The van der Waals surface area contributed by atoms with Crippen LogP contribution in [0.5, 0.6) is 0 Å². The molecule has 0 saturated carbocycles. The lowest BCUT2D eigenvalue weighted by Gasteiger charge is -2.17. The topological polar surface area (TPSA) is 50.2 Å². The first-order valence-corrected chi connectivity index (χ1v) is 6.18. The zero-order chi connectivity index (χ0) is 12.0. The van der Waals surface area contributed by atoms with Gasteiger partial charge in [-0.15, -0.1) is 0 Å². The Hall–Kier alpha value is -1.36. The summed E-state index contributed by atoms with van der Waals surface area (Å²) in [6, 6.07) is 2.37. The molecule has 3 heterocycles. The molecule has 17 heavy (non-hydrogen) atoms. The third-order valence-corrected chi connectivity index (χ3v) is 3.87. The summed E-state index contributed by atoms with van der Waals surface area (Å²) in [5.41, 5.74) is 1.59. The van der Waals surface area contributed by atoms with Crippen molar-refractivity contribution in [2.45, 2.75) is 19.4 Å². The molecule has 0 spiro atoms. The van der Waals surface area contributed by atoms with Crippen LogP contribution in [0.4, 0.5) is 0 Å². The maximum absolute atomic E-state index is 12.3. The predicted molar refractivity (Wildman–Crippen MR) is 63.7 cm³/mol. The van der Waals surface area contributed by atoms with Gasteiger partial charge in [0.1, 0.15) is 5.69 Å². The van der Waals surface area contributed by atoms with Crippen LogP contribution in [-0.4, -0.2) is 46.3 Å². The molecule has 5 heteroatoms. The summed E-state index contributed by atoms with van der Waals surface area (Å²) in [4.78, 5) is 14.3. The highest BCUT2D eigenvalue weighted by molar-refractivity contribution is 5.93. The highest BCUT2D eigenvalue weighted by Gasteiger charge is 2.38. The van der Waals surface area contributed by atoms with E-state index in [0.29, 0.717) is 17.7 Å². The summed E-state index contributed by atoms with van der Waals surface area (Å²) in [5.74, 6) is 0.762. The largest absolute Gasteiger partial charge is 0.335 e. The Morgan fingerprint density at radius 3 is 3.00 bits per heavy atom. The fourth-order valence-electron chi connectivity index (χ4n) is 2.99. The van der Waals surface area contributed by atoms with Gasteiger partial charge in [0, 0.05) is 26.2 Å². The van der Waals surface area contributed by atoms with Crippen molar-refractivity contribution in [2.24, 2.45) is 13.0 Å². The van der Waals surface area contributed by atoms with Crippen LogP contribution in [0.25, 0.3) is 0 Å². The van der Waals surface area contributed by atoms with Crippen molar-refractivity contribution in [3.63, 3.8) is 0 Å². The maximum atomic E-state index is 12.3. The maximum Gasteiger partial charge on any atom is 0.272 e. The van der Waals surface area contributed by atoms with Crippen molar-refractivity contribution in [2.75, 3.05) is 19.6 Å². The van der Waals surface area contributed by atoms with Gasteiger partial charge in [-0.2, -0.15) is 5.10 Å². The monoisotopic (exact) mass is 234 g/mol. The molecule has 3 rings (SSSR count). The second kappa shape index (κ2) is 3.84. The van der Waals surface area contributed by atoms with Crippen LogP contribution >= 0.6 is 0 Å². The number of nitrogens with zero attached hydrogens (tertiary/aromatic N) is 3. The van der Waals surface area contributed by atoms with Crippen LogP contribution in [0.3, 0.4) is 0 Å². The minimum absolute atomic E-state index is 0.115. The van der Waals surface area contributed by atoms with Crippen molar-refractivity contribution in [3.8, 4) is 0 Å². The first kappa shape index (κ1) is 10.8. The van der Waals surface area contributed by atoms with Crippen molar-refractivity contribution >= 4 is 5.91 Å². The van der Waals surface area contributed by atoms with E-state index < -0.39 is 0 Å². The number of carbonyl (C=O) groups excluding carboxylic acids is 1. The molecule has 1 aromatic rings. The van der Waals surface area contributed by atoms with Crippen LogP contribution in [0.2, 0.25) is 0 Å². The highest BCUT2D eigenvalue weighted by Crippen LogP contribution is 2.25. The molecule has 0 unspecified atom stereocenters. The van der Waals surface area contributed by atoms with Crippen LogP contribution < -0.4 is 5.32 Å². The lowest BCUT2D eigenvalue weighted by Crippen LogP contribution is -2.34. The number of hydrogen-bond acceptors (Lipinski definition) is 3. The van der Waals surface area contributed by atoms with Gasteiger partial charge in [-0.1, -0.05) is 0 Å². The Morgan fingerprint density at radius 2 is 2.35 bits per heavy atom. The van der Waals surface area contributed by atoms with Crippen molar-refractivity contribution < 1.29 is 4.79 Å². The second-order valence-corrected chi connectivity index (χ2v) is 5.11. The predicted octanol–water partition coefficient (Wildman–Crippen LogP) is 0.162. The first-order chi connectivity index (χ1) is 8.15. The summed E-state index contributed by atoms with van der Waals surface area (Å²) < 4.78 is 1.68. The van der Waals surface area contributed by atoms with Gasteiger partial charge in [0.25, 0.3) is 5.91 Å². The SMILES string of the molecule is Cc1cc(C(=O)N2C[C@@H]3CCN[C@@H]3C2)n(C)n1. The van der Waals surface area contributed by atoms with Gasteiger partial charge in [0.2, 0.25) is 0 Å². The van der Waals surface area contributed by atoms with E-state index in [2.05, 4.69) is 10.4 Å². The van der Waals surface area contributed by atoms with Gasteiger partial charge in [-0.25, -0.2) is 0 Å². The summed E-state index contributed by atoms with van der Waals surface area (Å²) in [5, 5.41) is 7.69. The Morgan fingerprint density at radius 1 is 1.53 bits per heavy atom. The minimum atomic E-state index is 0.115. The molecule has 0 radical (unpaired) electrons. The van der Waals surface area contributed by atoms with Crippen LogP contribution in [0.1, 0.15) is 22.6 Å². The Labute approximate surface area is 101 Å². The number of aryl methyl sites for hydroxylation is 2. The van der Waals surface area contributed by atoms with E-state index in [-0.39, 0.29) is 5.91 Å². The summed E-state index contributed by atoms with van der Waals surface area (Å²) in [7, 11) is 1.83. The number of fused-ring (bicyclic) bond motifs is 1. The number of amides is 1. The van der Waals surface area contributed by atoms with E-state index in [9.17, 15) is 4.79 Å². The minimum Gasteiger partial charge on any atom is -0.335 e. The Kier molecular flexibility index (Phi) is 2.43. The zero-order valence-electron chi connectivity index (χ0n) is 10.3. The highest BCUT2D eigenvalue weighted by atomic mass is 16.2. The second-order valence-electron chi connectivity index (χ2n) is 5.11. The fourth-order valence-corrected chi connectivity index (χ4v) is 2.99. The summed E-state index contributed by atoms with van der Waals surface area (Å²) >= 11 is 0. The lowest BCUT2D eigenvalue weighted by molar-refractivity contribution is 0.0771. The quantitative estimate of drug-likeness (QED) is 0.753. The van der Waals surface area contributed by atoms with Crippen molar-refractivity contribution in [1.82, 2.24) is 20.0 Å². The van der Waals surface area contributed by atoms with E-state index in [0.717, 1.165) is 25.3 Å². The number of carbonyl (C=O) groups is 1. The molecule has 2 fully saturated rings. The first-order valence-electron chi connectivity index (χ1n) is 6.18. The van der Waals surface area contributed by atoms with Crippen molar-refractivity contribution in [3.05, 3.63) is 17.5 Å². The Bertz CT molecular complexity index is 441. The molecule has 0 aromatic carbocycles. The zero-order valence-corrected chi connectivity index (χ0v) is 10.3. The van der Waals surface area contributed by atoms with Crippen LogP contribution in [0, 0.1) is 12.8 Å². The van der Waals surface area contributed by atoms with Gasteiger partial charge < -0.3 is 10.2 Å². The lowest BCUT2D eigenvalue weighted by atomic mass is 10.1. The summed E-state index contributed by atoms with van der Waals surface area (Å²) in [6.07, 6.45) is 1.19. The van der Waals surface area contributed by atoms with Crippen LogP contribution in [0.15, 0.2) is 6.07 Å². The normalized spacial score (nSPS) is 27.5. The molecule has 2 aliphatic heterocycles. The number of nitrogens with one attached hydrogen (secondary N) is 1. The van der Waals surface area contributed by atoms with E-state index in [4.69, 9.17) is 0 Å². The van der Waals surface area contributed by atoms with E-state index in [1.54, 1.807) is 4.68 Å². The molecular weight excluding hydrogens is 216 g/mol. The standard InChI is InChI=1S/C12H18N4O/c1-8-5-11(15(2)14-8)12(17)16-6-9-3-4-13-10(9)7-16/h5,9-10,13H,3-4,6-7H2,1-2H3/t9-,10+/m0/s1. The molecule has 2 atom stereocenters. The van der Waals surface area contributed by atoms with Crippen LogP contribution in [-0.2, 0) is 7.05 Å². The van der Waals surface area contributed by atoms with E-state index in [1.807, 2.05) is 24.9 Å². The van der Waals surface area contributed by atoms with Gasteiger partial charge in [-0.3, -0.25) is 9.48 Å². The number of aromatic nitrogens is 2. The number of rotatable bonds is 1. The smallest absolute Gasteiger partial charge is 0.272 e. The average Bonchev–Trinajstić information content (AvgIpc) is 2.90. The van der Waals surface area contributed by atoms with Gasteiger partial charge in [0.15, 0.2) is 0 Å². The van der Waals surface area contributed by atoms with Gasteiger partial charge >= 0.3 is 0 Å². The summed E-state index contributed by atoms with van der Waals surface area (Å²) in [6.45, 7) is 4.74. The van der Waals surface area contributed by atoms with Gasteiger partial charge in [-0.05, 0) is 31.9 Å². The van der Waals surface area contributed by atoms with Gasteiger partial charge in [0.05, 0.1) is 5.69 Å². The fraction of sp³-hybridized carbons (Fsp3) is 0.667. The number of likely N-dealkylation sites (tertiary alicyclic amines) is 1. The van der Waals surface area contributed by atoms with E-state index >= 15 is 0 Å². The molecule has 92 valence electrons. The third kappa shape index (κ3) is 1.74. The molecule has 0 aliphatic carbocycles. The van der Waals surface area contributed by atoms with E-state index in [1.165, 1.54) is 6.42 Å². The molecule has 2 saturated heterocycles. The third-order valence-electron chi connectivity index (χ3n) is 3.87. The van der Waals surface area contributed by atoms with Crippen molar-refractivity contribution in [1.29, 1.82) is 0 Å². The molecular formula is C12H18N4O. The number of hydrogen-bond donors (Lipinski definition) is 1. The Balaban J connectivity index is 1.77. The molecule has 5 nitrogen and oxygen atoms in total. The molecule has 1 amide bonds. The molecule has 1 N–H and O–H groups in total. The molecule has 2 aliphatic rings. The molecule has 0 bridgehead atoms. The molecule has 1 aromatic heterocycles.